The summed E-state index contributed by atoms with van der Waals surface area (Å²) in [5.74, 6) is -0.748. The third-order valence-corrected chi connectivity index (χ3v) is 3.49. The molecule has 0 aliphatic heterocycles. The predicted octanol–water partition coefficient (Wildman–Crippen LogP) is 3.20. The summed E-state index contributed by atoms with van der Waals surface area (Å²) >= 11 is 1.80. The fourth-order valence-corrected chi connectivity index (χ4v) is 1.68. The average Bonchev–Trinajstić information content (AvgIpc) is 2.28. The van der Waals surface area contributed by atoms with Crippen molar-refractivity contribution in [3.8, 4) is 0 Å². The monoisotopic (exact) mass is 245 g/mol. The molecule has 0 saturated carbocycles. The van der Waals surface area contributed by atoms with E-state index in [1.165, 1.54) is 6.07 Å². The van der Waals surface area contributed by atoms with Gasteiger partial charge in [-0.3, -0.25) is 0 Å². The first-order valence-electron chi connectivity index (χ1n) is 5.31. The molecule has 90 valence electrons. The number of hydrogen-bond acceptors (Lipinski definition) is 2. The molecule has 0 aliphatic rings. The third-order valence-electron chi connectivity index (χ3n) is 2.45. The van der Waals surface area contributed by atoms with Crippen LogP contribution in [0, 0.1) is 11.6 Å². The Morgan fingerprint density at radius 1 is 1.38 bits per heavy atom. The van der Waals surface area contributed by atoms with Gasteiger partial charge in [0, 0.05) is 17.4 Å². The van der Waals surface area contributed by atoms with Gasteiger partial charge in [0.2, 0.25) is 0 Å². The Morgan fingerprint density at radius 2 is 2.12 bits per heavy atom. The molecule has 1 aromatic carbocycles. The van der Waals surface area contributed by atoms with Gasteiger partial charge in [0.1, 0.15) is 11.6 Å². The first-order chi connectivity index (χ1) is 7.63. The average molecular weight is 245 g/mol. The van der Waals surface area contributed by atoms with Crippen LogP contribution in [-0.2, 0) is 6.54 Å². The minimum absolute atomic E-state index is 0.355. The van der Waals surface area contributed by atoms with Crippen LogP contribution in [0.2, 0.25) is 0 Å². The maximum Gasteiger partial charge on any atom is 0.127 e. The van der Waals surface area contributed by atoms with Crippen molar-refractivity contribution in [3.63, 3.8) is 0 Å². The SMILES string of the molecule is CSC(C)CCNCc1cc(F)ccc1F. The van der Waals surface area contributed by atoms with E-state index in [2.05, 4.69) is 18.5 Å². The van der Waals surface area contributed by atoms with E-state index in [1.54, 1.807) is 11.8 Å². The summed E-state index contributed by atoms with van der Waals surface area (Å²) in [7, 11) is 0. The van der Waals surface area contributed by atoms with Crippen molar-refractivity contribution in [2.24, 2.45) is 0 Å². The molecule has 1 unspecified atom stereocenters. The van der Waals surface area contributed by atoms with Gasteiger partial charge in [0.15, 0.2) is 0 Å². The van der Waals surface area contributed by atoms with E-state index in [0.717, 1.165) is 25.1 Å². The Morgan fingerprint density at radius 3 is 2.81 bits per heavy atom. The first-order valence-corrected chi connectivity index (χ1v) is 6.59. The minimum atomic E-state index is -0.393. The van der Waals surface area contributed by atoms with E-state index in [0.29, 0.717) is 17.4 Å². The van der Waals surface area contributed by atoms with E-state index in [4.69, 9.17) is 0 Å². The molecule has 16 heavy (non-hydrogen) atoms. The van der Waals surface area contributed by atoms with Gasteiger partial charge in [-0.05, 0) is 37.4 Å². The van der Waals surface area contributed by atoms with Crippen LogP contribution in [0.25, 0.3) is 0 Å². The molecule has 0 bridgehead atoms. The van der Waals surface area contributed by atoms with E-state index >= 15 is 0 Å². The molecule has 4 heteroatoms. The standard InChI is InChI=1S/C12H17F2NS/c1-9(16-2)5-6-15-8-10-7-11(13)3-4-12(10)14/h3-4,7,9,15H,5-6,8H2,1-2H3. The molecule has 0 amide bonds. The second kappa shape index (κ2) is 6.86. The number of hydrogen-bond donors (Lipinski definition) is 1. The Labute approximate surface area is 99.6 Å². The highest BCUT2D eigenvalue weighted by atomic mass is 32.2. The summed E-state index contributed by atoms with van der Waals surface area (Å²) in [5.41, 5.74) is 0.386. The van der Waals surface area contributed by atoms with Gasteiger partial charge in [0.05, 0.1) is 0 Å². The molecular weight excluding hydrogens is 228 g/mol. The van der Waals surface area contributed by atoms with Crippen molar-refractivity contribution in [1.29, 1.82) is 0 Å². The summed E-state index contributed by atoms with van der Waals surface area (Å²) in [4.78, 5) is 0. The normalized spacial score (nSPS) is 12.8. The molecule has 1 atom stereocenters. The van der Waals surface area contributed by atoms with Gasteiger partial charge in [-0.25, -0.2) is 8.78 Å². The molecule has 0 saturated heterocycles. The van der Waals surface area contributed by atoms with Gasteiger partial charge >= 0.3 is 0 Å². The van der Waals surface area contributed by atoms with Crippen LogP contribution in [0.4, 0.5) is 8.78 Å². The number of halogens is 2. The lowest BCUT2D eigenvalue weighted by Crippen LogP contribution is -2.18. The third kappa shape index (κ3) is 4.49. The predicted molar refractivity (Wildman–Crippen MR) is 65.7 cm³/mol. The Balaban J connectivity index is 2.34. The van der Waals surface area contributed by atoms with Crippen LogP contribution in [0.15, 0.2) is 18.2 Å². The molecule has 0 fully saturated rings. The first kappa shape index (κ1) is 13.5. The van der Waals surface area contributed by atoms with Crippen LogP contribution >= 0.6 is 11.8 Å². The Hall–Kier alpha value is -0.610. The molecule has 1 N–H and O–H groups in total. The van der Waals surface area contributed by atoms with E-state index in [1.807, 2.05) is 0 Å². The van der Waals surface area contributed by atoms with E-state index in [-0.39, 0.29) is 5.82 Å². The Kier molecular flexibility index (Phi) is 5.77. The lowest BCUT2D eigenvalue weighted by Gasteiger charge is -2.09. The fourth-order valence-electron chi connectivity index (χ4n) is 1.33. The lowest BCUT2D eigenvalue weighted by molar-refractivity contribution is 0.564. The van der Waals surface area contributed by atoms with Crippen molar-refractivity contribution in [1.82, 2.24) is 5.32 Å². The highest BCUT2D eigenvalue weighted by Gasteiger charge is 2.03. The van der Waals surface area contributed by atoms with Crippen LogP contribution in [-0.4, -0.2) is 18.1 Å². The molecule has 0 radical (unpaired) electrons. The number of nitrogens with one attached hydrogen (secondary N) is 1. The van der Waals surface area contributed by atoms with Gasteiger partial charge < -0.3 is 5.32 Å². The molecule has 1 rings (SSSR count). The minimum Gasteiger partial charge on any atom is -0.313 e. The Bertz CT molecular complexity index is 331. The van der Waals surface area contributed by atoms with Gasteiger partial charge in [-0.15, -0.1) is 0 Å². The summed E-state index contributed by atoms with van der Waals surface area (Å²) in [5, 5.41) is 3.70. The van der Waals surface area contributed by atoms with E-state index < -0.39 is 5.82 Å². The second-order valence-corrected chi connectivity index (χ2v) is 5.02. The zero-order valence-corrected chi connectivity index (χ0v) is 10.4. The highest BCUT2D eigenvalue weighted by Crippen LogP contribution is 2.10. The second-order valence-electron chi connectivity index (χ2n) is 3.75. The molecular formula is C12H17F2NS. The zero-order chi connectivity index (χ0) is 12.0. The topological polar surface area (TPSA) is 12.0 Å². The van der Waals surface area contributed by atoms with Crippen LogP contribution in [0.5, 0.6) is 0 Å². The largest absolute Gasteiger partial charge is 0.313 e. The summed E-state index contributed by atoms with van der Waals surface area (Å²) < 4.78 is 26.1. The van der Waals surface area contributed by atoms with Crippen LogP contribution in [0.1, 0.15) is 18.9 Å². The molecule has 0 heterocycles. The van der Waals surface area contributed by atoms with Crippen molar-refractivity contribution >= 4 is 11.8 Å². The lowest BCUT2D eigenvalue weighted by atomic mass is 10.2. The smallest absolute Gasteiger partial charge is 0.127 e. The fraction of sp³-hybridized carbons (Fsp3) is 0.500. The number of rotatable bonds is 6. The van der Waals surface area contributed by atoms with Gasteiger partial charge in [-0.2, -0.15) is 11.8 Å². The quantitative estimate of drug-likeness (QED) is 0.772. The van der Waals surface area contributed by atoms with Crippen molar-refractivity contribution in [2.75, 3.05) is 12.8 Å². The van der Waals surface area contributed by atoms with Crippen LogP contribution in [0.3, 0.4) is 0 Å². The summed E-state index contributed by atoms with van der Waals surface area (Å²) in [6, 6.07) is 3.53. The zero-order valence-electron chi connectivity index (χ0n) is 9.59. The summed E-state index contributed by atoms with van der Waals surface area (Å²) in [6.45, 7) is 3.35. The highest BCUT2D eigenvalue weighted by molar-refractivity contribution is 7.99. The number of benzene rings is 1. The molecule has 1 aromatic rings. The van der Waals surface area contributed by atoms with Crippen molar-refractivity contribution in [2.45, 2.75) is 25.1 Å². The molecule has 1 nitrogen and oxygen atoms in total. The molecule has 0 aromatic heterocycles. The maximum atomic E-state index is 13.2. The van der Waals surface area contributed by atoms with Crippen LogP contribution < -0.4 is 5.32 Å². The maximum absolute atomic E-state index is 13.2. The van der Waals surface area contributed by atoms with Gasteiger partial charge in [-0.1, -0.05) is 6.92 Å². The van der Waals surface area contributed by atoms with Crippen molar-refractivity contribution < 1.29 is 8.78 Å². The molecule has 0 spiro atoms. The number of thioether (sulfide) groups is 1. The van der Waals surface area contributed by atoms with E-state index in [9.17, 15) is 8.78 Å². The summed E-state index contributed by atoms with van der Waals surface area (Å²) in [6.07, 6.45) is 3.09. The van der Waals surface area contributed by atoms with Gasteiger partial charge in [0.25, 0.3) is 0 Å². The molecule has 0 aliphatic carbocycles. The van der Waals surface area contributed by atoms with Crippen molar-refractivity contribution in [3.05, 3.63) is 35.4 Å².